The van der Waals surface area contributed by atoms with Crippen LogP contribution in [0.25, 0.3) is 6.08 Å². The highest BCUT2D eigenvalue weighted by Crippen LogP contribution is 2.64. The Labute approximate surface area is 258 Å². The van der Waals surface area contributed by atoms with Crippen LogP contribution in [0, 0.1) is 34.9 Å². The van der Waals surface area contributed by atoms with Crippen molar-refractivity contribution in [2.45, 2.75) is 25.7 Å². The minimum absolute atomic E-state index is 0.0394. The van der Waals surface area contributed by atoms with Gasteiger partial charge in [0.2, 0.25) is 23.6 Å². The summed E-state index contributed by atoms with van der Waals surface area (Å²) >= 11 is 6.05. The summed E-state index contributed by atoms with van der Waals surface area (Å²) in [5.41, 5.74) is 1.35. The van der Waals surface area contributed by atoms with Crippen LogP contribution in [-0.4, -0.2) is 28.7 Å². The van der Waals surface area contributed by atoms with Gasteiger partial charge in [0.15, 0.2) is 0 Å². The zero-order chi connectivity index (χ0) is 31.1. The molecule has 0 spiro atoms. The van der Waals surface area contributed by atoms with Gasteiger partial charge < -0.3 is 5.11 Å². The van der Waals surface area contributed by atoms with Crippen molar-refractivity contribution >= 4 is 52.7 Å². The van der Waals surface area contributed by atoms with Gasteiger partial charge in [-0.15, -0.1) is 0 Å². The Kier molecular flexibility index (Phi) is 6.41. The Hall–Kier alpha value is -4.56. The third-order valence-corrected chi connectivity index (χ3v) is 10.4. The maximum Gasteiger partial charge on any atom is 0.241 e. The zero-order valence-corrected chi connectivity index (χ0v) is 24.5. The highest BCUT2D eigenvalue weighted by Gasteiger charge is 2.68. The molecule has 7 nitrogen and oxygen atoms in total. The highest BCUT2D eigenvalue weighted by atomic mass is 35.5. The number of phenolic OH excluding ortho intramolecular Hbond substituents is 1. The maximum atomic E-state index is 14.4. The SMILES string of the molecule is C=Cc1ccc(N2C(=O)C3CC=C4C(CC5C(=O)N(c6ccc(F)c(Cl)c6)C(=O)C5(C)C4c4ccccc4O)C3C2=O)cc1. The fraction of sp³-hybridized carbons (Fsp3) is 0.257. The summed E-state index contributed by atoms with van der Waals surface area (Å²) in [6.45, 7) is 5.48. The second kappa shape index (κ2) is 9.99. The molecule has 6 atom stereocenters. The fourth-order valence-corrected chi connectivity index (χ4v) is 8.15. The molecule has 2 aliphatic carbocycles. The van der Waals surface area contributed by atoms with Gasteiger partial charge in [-0.2, -0.15) is 0 Å². The molecule has 0 aromatic heterocycles. The monoisotopic (exact) mass is 610 g/mol. The Bertz CT molecular complexity index is 1820. The number of carbonyl (C=O) groups excluding carboxylic acids is 4. The number of hydrogen-bond acceptors (Lipinski definition) is 5. The molecule has 2 heterocycles. The van der Waals surface area contributed by atoms with Crippen molar-refractivity contribution in [3.05, 3.63) is 107 Å². The molecule has 2 saturated heterocycles. The van der Waals surface area contributed by atoms with E-state index >= 15 is 0 Å². The highest BCUT2D eigenvalue weighted by molar-refractivity contribution is 6.32. The molecule has 3 fully saturated rings. The number of amides is 4. The number of carbonyl (C=O) groups is 4. The number of imide groups is 2. The first-order valence-corrected chi connectivity index (χ1v) is 14.9. The molecule has 6 unspecified atom stereocenters. The Balaban J connectivity index is 1.35. The first-order valence-electron chi connectivity index (χ1n) is 14.5. The van der Waals surface area contributed by atoms with Crippen LogP contribution in [0.4, 0.5) is 15.8 Å². The third kappa shape index (κ3) is 3.80. The van der Waals surface area contributed by atoms with E-state index in [0.29, 0.717) is 11.3 Å². The molecule has 4 amide bonds. The van der Waals surface area contributed by atoms with E-state index in [1.165, 1.54) is 23.1 Å². The first kappa shape index (κ1) is 28.2. The molecule has 3 aromatic rings. The number of anilines is 2. The minimum atomic E-state index is -1.34. The van der Waals surface area contributed by atoms with Gasteiger partial charge in [0.05, 0.1) is 39.6 Å². The van der Waals surface area contributed by atoms with Crippen molar-refractivity contribution in [2.75, 3.05) is 9.80 Å². The molecule has 1 saturated carbocycles. The molecule has 1 N–H and O–H groups in total. The van der Waals surface area contributed by atoms with Crippen molar-refractivity contribution in [1.82, 2.24) is 0 Å². The van der Waals surface area contributed by atoms with Crippen molar-refractivity contribution < 1.29 is 28.7 Å². The van der Waals surface area contributed by atoms with Crippen LogP contribution in [0.2, 0.25) is 5.02 Å². The van der Waals surface area contributed by atoms with Crippen molar-refractivity contribution in [2.24, 2.45) is 29.1 Å². The molecule has 222 valence electrons. The fourth-order valence-electron chi connectivity index (χ4n) is 7.98. The second-order valence-electron chi connectivity index (χ2n) is 12.1. The number of halogens is 2. The average Bonchev–Trinajstić information content (AvgIpc) is 3.38. The summed E-state index contributed by atoms with van der Waals surface area (Å²) in [5, 5.41) is 10.8. The number of rotatable bonds is 4. The van der Waals surface area contributed by atoms with E-state index in [-0.39, 0.29) is 41.1 Å². The minimum Gasteiger partial charge on any atom is -0.508 e. The van der Waals surface area contributed by atoms with Crippen LogP contribution in [-0.2, 0) is 19.2 Å². The van der Waals surface area contributed by atoms with Crippen molar-refractivity contribution in [1.29, 1.82) is 0 Å². The Morgan fingerprint density at radius 1 is 0.932 bits per heavy atom. The lowest BCUT2D eigenvalue weighted by Crippen LogP contribution is -2.48. The largest absolute Gasteiger partial charge is 0.508 e. The van der Waals surface area contributed by atoms with Gasteiger partial charge in [-0.05, 0) is 67.6 Å². The zero-order valence-electron chi connectivity index (χ0n) is 23.7. The van der Waals surface area contributed by atoms with Gasteiger partial charge in [-0.1, -0.05) is 66.2 Å². The van der Waals surface area contributed by atoms with Gasteiger partial charge >= 0.3 is 0 Å². The number of fused-ring (bicyclic) bond motifs is 4. The molecule has 7 rings (SSSR count). The summed E-state index contributed by atoms with van der Waals surface area (Å²) in [5.74, 6) is -5.88. The molecule has 44 heavy (non-hydrogen) atoms. The molecule has 9 heteroatoms. The number of phenols is 1. The second-order valence-corrected chi connectivity index (χ2v) is 12.5. The molecule has 0 radical (unpaired) electrons. The summed E-state index contributed by atoms with van der Waals surface area (Å²) in [6.07, 6.45) is 4.04. The summed E-state index contributed by atoms with van der Waals surface area (Å²) < 4.78 is 14.0. The van der Waals surface area contributed by atoms with Crippen LogP contribution < -0.4 is 9.80 Å². The number of nitrogens with zero attached hydrogens (tertiary/aromatic N) is 2. The molecule has 3 aromatic carbocycles. The van der Waals surface area contributed by atoms with E-state index < -0.39 is 52.6 Å². The van der Waals surface area contributed by atoms with Crippen molar-refractivity contribution in [3.8, 4) is 5.75 Å². The topological polar surface area (TPSA) is 95.0 Å². The molecule has 0 bridgehead atoms. The Morgan fingerprint density at radius 2 is 1.64 bits per heavy atom. The maximum absolute atomic E-state index is 14.4. The van der Waals surface area contributed by atoms with Gasteiger partial charge in [-0.25, -0.2) is 9.29 Å². The molecule has 2 aliphatic heterocycles. The molecular formula is C35H28ClFN2O5. The number of hydrogen-bond donors (Lipinski definition) is 1. The normalized spacial score (nSPS) is 29.3. The Morgan fingerprint density at radius 3 is 2.32 bits per heavy atom. The van der Waals surface area contributed by atoms with E-state index in [9.17, 15) is 28.7 Å². The lowest BCUT2D eigenvalue weighted by Gasteiger charge is -2.49. The quantitative estimate of drug-likeness (QED) is 0.278. The van der Waals surface area contributed by atoms with Crippen LogP contribution >= 0.6 is 11.6 Å². The van der Waals surface area contributed by atoms with Crippen LogP contribution in [0.3, 0.4) is 0 Å². The van der Waals surface area contributed by atoms with Crippen LogP contribution in [0.1, 0.15) is 36.8 Å². The number of allylic oxidation sites excluding steroid dienone is 2. The third-order valence-electron chi connectivity index (χ3n) is 10.1. The predicted molar refractivity (Wildman–Crippen MR) is 163 cm³/mol. The lowest BCUT2D eigenvalue weighted by atomic mass is 9.51. The van der Waals surface area contributed by atoms with Crippen molar-refractivity contribution in [3.63, 3.8) is 0 Å². The summed E-state index contributed by atoms with van der Waals surface area (Å²) in [4.78, 5) is 58.7. The van der Waals surface area contributed by atoms with E-state index in [4.69, 9.17) is 11.6 Å². The van der Waals surface area contributed by atoms with Crippen LogP contribution in [0.5, 0.6) is 5.75 Å². The number of para-hydroxylation sites is 1. The average molecular weight is 611 g/mol. The van der Waals surface area contributed by atoms with E-state index in [0.717, 1.165) is 22.1 Å². The van der Waals surface area contributed by atoms with Gasteiger partial charge in [-0.3, -0.25) is 24.1 Å². The van der Waals surface area contributed by atoms with E-state index in [1.807, 2.05) is 6.08 Å². The number of aromatic hydroxyl groups is 1. The molecular weight excluding hydrogens is 583 g/mol. The lowest BCUT2D eigenvalue weighted by molar-refractivity contribution is -0.131. The smallest absolute Gasteiger partial charge is 0.241 e. The predicted octanol–water partition coefficient (Wildman–Crippen LogP) is 6.26. The van der Waals surface area contributed by atoms with E-state index in [1.54, 1.807) is 55.5 Å². The van der Waals surface area contributed by atoms with Crippen LogP contribution in [0.15, 0.2) is 85.0 Å². The summed E-state index contributed by atoms with van der Waals surface area (Å²) in [6, 6.07) is 17.4. The molecule has 4 aliphatic rings. The van der Waals surface area contributed by atoms with E-state index in [2.05, 4.69) is 6.58 Å². The first-order chi connectivity index (χ1) is 21.1. The standard InChI is InChI=1S/C35H28ClFN2O5/c1-3-18-8-10-19(11-9-18)38-31(41)23-14-13-21-24(29(23)33(38)43)17-25-32(42)39(20-12-15-27(37)26(36)16-20)34(44)35(25,2)30(21)22-6-4-5-7-28(22)40/h3-13,15-16,23-25,29-30,40H,1,14,17H2,2H3. The number of benzene rings is 3. The van der Waals surface area contributed by atoms with Gasteiger partial charge in [0.1, 0.15) is 11.6 Å². The van der Waals surface area contributed by atoms with Gasteiger partial charge in [0.25, 0.3) is 0 Å². The summed E-state index contributed by atoms with van der Waals surface area (Å²) in [7, 11) is 0. The van der Waals surface area contributed by atoms with Gasteiger partial charge in [0, 0.05) is 11.5 Å².